The third-order valence-corrected chi connectivity index (χ3v) is 3.69. The minimum Gasteiger partial charge on any atom is -0.348 e. The van der Waals surface area contributed by atoms with Crippen LogP contribution in [0.25, 0.3) is 0 Å². The van der Waals surface area contributed by atoms with Crippen molar-refractivity contribution in [1.82, 2.24) is 10.6 Å². The molecule has 1 amide bonds. The summed E-state index contributed by atoms with van der Waals surface area (Å²) in [5, 5.41) is 6.16. The Balaban J connectivity index is 2.47. The maximum absolute atomic E-state index is 11.8. The SMILES string of the molecule is CCC(C)NCC(=O)N[C@H](C)c1ccccc1Br. The van der Waals surface area contributed by atoms with Gasteiger partial charge >= 0.3 is 0 Å². The fourth-order valence-corrected chi connectivity index (χ4v) is 2.24. The topological polar surface area (TPSA) is 41.1 Å². The Morgan fingerprint density at radius 1 is 1.33 bits per heavy atom. The van der Waals surface area contributed by atoms with Crippen LogP contribution in [0.4, 0.5) is 0 Å². The molecule has 0 spiro atoms. The maximum Gasteiger partial charge on any atom is 0.234 e. The molecule has 0 aliphatic carbocycles. The summed E-state index contributed by atoms with van der Waals surface area (Å²) in [7, 11) is 0. The third-order valence-electron chi connectivity index (χ3n) is 2.97. The summed E-state index contributed by atoms with van der Waals surface area (Å²) in [5.41, 5.74) is 1.09. The van der Waals surface area contributed by atoms with Crippen LogP contribution in [0.5, 0.6) is 0 Å². The average Bonchev–Trinajstić information content (AvgIpc) is 2.36. The molecule has 2 atom stereocenters. The van der Waals surface area contributed by atoms with E-state index in [-0.39, 0.29) is 11.9 Å². The number of rotatable bonds is 6. The van der Waals surface area contributed by atoms with Crippen LogP contribution in [0.15, 0.2) is 28.7 Å². The van der Waals surface area contributed by atoms with Crippen LogP contribution in [0, 0.1) is 0 Å². The van der Waals surface area contributed by atoms with Crippen molar-refractivity contribution in [3.8, 4) is 0 Å². The Labute approximate surface area is 117 Å². The van der Waals surface area contributed by atoms with Crippen molar-refractivity contribution in [1.29, 1.82) is 0 Å². The monoisotopic (exact) mass is 312 g/mol. The summed E-state index contributed by atoms with van der Waals surface area (Å²) < 4.78 is 1.02. The summed E-state index contributed by atoms with van der Waals surface area (Å²) in [6.07, 6.45) is 1.02. The highest BCUT2D eigenvalue weighted by atomic mass is 79.9. The lowest BCUT2D eigenvalue weighted by Gasteiger charge is -2.17. The van der Waals surface area contributed by atoms with E-state index in [0.717, 1.165) is 16.5 Å². The molecule has 100 valence electrons. The van der Waals surface area contributed by atoms with Crippen LogP contribution in [-0.4, -0.2) is 18.5 Å². The first-order chi connectivity index (χ1) is 8.54. The van der Waals surface area contributed by atoms with E-state index in [0.29, 0.717) is 12.6 Å². The van der Waals surface area contributed by atoms with Gasteiger partial charge in [-0.25, -0.2) is 0 Å². The number of hydrogen-bond donors (Lipinski definition) is 2. The number of halogens is 1. The lowest BCUT2D eigenvalue weighted by atomic mass is 10.1. The van der Waals surface area contributed by atoms with E-state index >= 15 is 0 Å². The van der Waals surface area contributed by atoms with Gasteiger partial charge in [-0.3, -0.25) is 4.79 Å². The number of nitrogens with one attached hydrogen (secondary N) is 2. The van der Waals surface area contributed by atoms with Crippen LogP contribution >= 0.6 is 15.9 Å². The van der Waals surface area contributed by atoms with Crippen molar-refractivity contribution in [2.75, 3.05) is 6.54 Å². The van der Waals surface area contributed by atoms with E-state index in [1.54, 1.807) is 0 Å². The van der Waals surface area contributed by atoms with Crippen molar-refractivity contribution in [3.63, 3.8) is 0 Å². The largest absolute Gasteiger partial charge is 0.348 e. The molecule has 0 bridgehead atoms. The zero-order valence-corrected chi connectivity index (χ0v) is 12.8. The molecule has 18 heavy (non-hydrogen) atoms. The van der Waals surface area contributed by atoms with Gasteiger partial charge in [0.15, 0.2) is 0 Å². The molecule has 0 aromatic heterocycles. The summed E-state index contributed by atoms with van der Waals surface area (Å²) >= 11 is 3.49. The van der Waals surface area contributed by atoms with Crippen molar-refractivity contribution in [2.45, 2.75) is 39.3 Å². The normalized spacial score (nSPS) is 14.0. The standard InChI is InChI=1S/C14H21BrN2O/c1-4-10(2)16-9-14(18)17-11(3)12-7-5-6-8-13(12)15/h5-8,10-11,16H,4,9H2,1-3H3,(H,17,18)/t10?,11-/m1/s1. The van der Waals surface area contributed by atoms with Crippen molar-refractivity contribution in [3.05, 3.63) is 34.3 Å². The summed E-state index contributed by atoms with van der Waals surface area (Å²) in [4.78, 5) is 11.8. The van der Waals surface area contributed by atoms with Crippen LogP contribution in [0.2, 0.25) is 0 Å². The first-order valence-corrected chi connectivity index (χ1v) is 7.11. The molecule has 4 heteroatoms. The van der Waals surface area contributed by atoms with E-state index < -0.39 is 0 Å². The second-order valence-electron chi connectivity index (χ2n) is 4.50. The molecule has 1 rings (SSSR count). The van der Waals surface area contributed by atoms with Crippen LogP contribution in [-0.2, 0) is 4.79 Å². The van der Waals surface area contributed by atoms with Gasteiger partial charge in [-0.2, -0.15) is 0 Å². The van der Waals surface area contributed by atoms with Crippen molar-refractivity contribution in [2.24, 2.45) is 0 Å². The molecule has 0 fully saturated rings. The fraction of sp³-hybridized carbons (Fsp3) is 0.500. The second-order valence-corrected chi connectivity index (χ2v) is 5.36. The summed E-state index contributed by atoms with van der Waals surface area (Å²) in [5.74, 6) is 0.0264. The highest BCUT2D eigenvalue weighted by Gasteiger charge is 2.12. The molecule has 0 saturated carbocycles. The van der Waals surface area contributed by atoms with Crippen molar-refractivity contribution >= 4 is 21.8 Å². The Kier molecular flexibility index (Phi) is 6.36. The number of amides is 1. The van der Waals surface area contributed by atoms with Gasteiger partial charge in [0.1, 0.15) is 0 Å². The van der Waals surface area contributed by atoms with E-state index in [1.807, 2.05) is 31.2 Å². The molecule has 0 aliphatic heterocycles. The summed E-state index contributed by atoms with van der Waals surface area (Å²) in [6, 6.07) is 8.31. The van der Waals surface area contributed by atoms with Gasteiger partial charge in [0.2, 0.25) is 5.91 Å². The van der Waals surface area contributed by atoms with Gasteiger partial charge in [-0.05, 0) is 31.9 Å². The molecule has 1 unspecified atom stereocenters. The van der Waals surface area contributed by atoms with Gasteiger partial charge in [0.25, 0.3) is 0 Å². The lowest BCUT2D eigenvalue weighted by Crippen LogP contribution is -2.38. The Morgan fingerprint density at radius 2 is 2.00 bits per heavy atom. The highest BCUT2D eigenvalue weighted by Crippen LogP contribution is 2.22. The van der Waals surface area contributed by atoms with Crippen molar-refractivity contribution < 1.29 is 4.79 Å². The lowest BCUT2D eigenvalue weighted by molar-refractivity contribution is -0.121. The zero-order valence-electron chi connectivity index (χ0n) is 11.2. The molecular formula is C14H21BrN2O. The predicted molar refractivity (Wildman–Crippen MR) is 78.5 cm³/mol. The Bertz CT molecular complexity index is 395. The van der Waals surface area contributed by atoms with Gasteiger partial charge in [-0.1, -0.05) is 41.1 Å². The summed E-state index contributed by atoms with van der Waals surface area (Å²) in [6.45, 7) is 6.52. The highest BCUT2D eigenvalue weighted by molar-refractivity contribution is 9.10. The van der Waals surface area contributed by atoms with E-state index in [4.69, 9.17) is 0 Å². The van der Waals surface area contributed by atoms with E-state index in [9.17, 15) is 4.79 Å². The molecule has 0 aliphatic rings. The van der Waals surface area contributed by atoms with Gasteiger partial charge in [-0.15, -0.1) is 0 Å². The van der Waals surface area contributed by atoms with E-state index in [1.165, 1.54) is 0 Å². The molecular weight excluding hydrogens is 292 g/mol. The van der Waals surface area contributed by atoms with E-state index in [2.05, 4.69) is 40.4 Å². The second kappa shape index (κ2) is 7.54. The molecule has 0 radical (unpaired) electrons. The Morgan fingerprint density at radius 3 is 2.61 bits per heavy atom. The number of hydrogen-bond acceptors (Lipinski definition) is 2. The minimum atomic E-state index is 0.00630. The molecule has 3 nitrogen and oxygen atoms in total. The fourth-order valence-electron chi connectivity index (χ4n) is 1.61. The van der Waals surface area contributed by atoms with Crippen LogP contribution < -0.4 is 10.6 Å². The molecule has 0 saturated heterocycles. The molecule has 1 aromatic rings. The maximum atomic E-state index is 11.8. The number of benzene rings is 1. The quantitative estimate of drug-likeness (QED) is 0.847. The minimum absolute atomic E-state index is 0.00630. The molecule has 0 heterocycles. The zero-order chi connectivity index (χ0) is 13.5. The smallest absolute Gasteiger partial charge is 0.234 e. The first kappa shape index (κ1) is 15.2. The number of carbonyl (C=O) groups excluding carboxylic acids is 1. The molecule has 2 N–H and O–H groups in total. The average molecular weight is 313 g/mol. The number of carbonyl (C=O) groups is 1. The molecule has 1 aromatic carbocycles. The first-order valence-electron chi connectivity index (χ1n) is 6.31. The van der Waals surface area contributed by atoms with Crippen LogP contribution in [0.1, 0.15) is 38.8 Å². The Hall–Kier alpha value is -0.870. The predicted octanol–water partition coefficient (Wildman–Crippen LogP) is 3.01. The van der Waals surface area contributed by atoms with Gasteiger partial charge in [0.05, 0.1) is 12.6 Å². The van der Waals surface area contributed by atoms with Crippen LogP contribution in [0.3, 0.4) is 0 Å². The third kappa shape index (κ3) is 4.78. The van der Waals surface area contributed by atoms with Gasteiger partial charge < -0.3 is 10.6 Å². The van der Waals surface area contributed by atoms with Gasteiger partial charge in [0, 0.05) is 10.5 Å².